The Bertz CT molecular complexity index is 1530. The summed E-state index contributed by atoms with van der Waals surface area (Å²) in [6.45, 7) is 1.71. The maximum atomic E-state index is 14.5. The van der Waals surface area contributed by atoms with Crippen molar-refractivity contribution in [2.24, 2.45) is 13.0 Å². The van der Waals surface area contributed by atoms with Crippen molar-refractivity contribution in [2.75, 3.05) is 30.3 Å². The molecule has 4 aromatic rings. The number of carbonyl (C=O) groups excluding carboxylic acids is 2. The lowest BCUT2D eigenvalue weighted by atomic mass is 9.94. The monoisotopic (exact) mass is 515 g/mol. The molecule has 1 aromatic carbocycles. The third-order valence-electron chi connectivity index (χ3n) is 6.60. The topological polar surface area (TPSA) is 133 Å². The first-order valence-corrected chi connectivity index (χ1v) is 12.2. The molecule has 0 saturated carbocycles. The second-order valence-electron chi connectivity index (χ2n) is 9.34. The molecule has 194 valence electrons. The highest BCUT2D eigenvalue weighted by molar-refractivity contribution is 6.09. The van der Waals surface area contributed by atoms with Gasteiger partial charge in [0.1, 0.15) is 5.82 Å². The molecule has 12 heteroatoms. The van der Waals surface area contributed by atoms with Gasteiger partial charge >= 0.3 is 0 Å². The number of hydrogen-bond acceptors (Lipinski definition) is 7. The average molecular weight is 516 g/mol. The third kappa shape index (κ3) is 5.52. The van der Waals surface area contributed by atoms with Crippen LogP contribution in [0.4, 0.5) is 15.8 Å². The number of rotatable bonds is 7. The standard InChI is InChI=1S/C26H26FN9O2/c1-34-14-18(11-30-34)23-15-36-24(13-29-23)20(12-31-36)26(38)33-22-10-19(2-3-21(22)27)32-25(37)16-35-8-5-17(4-7-28)6-9-35/h2-3,10-15,17H,4-6,8-9,16H2,1H3,(H,32,37)(H,33,38). The van der Waals surface area contributed by atoms with Gasteiger partial charge in [0.15, 0.2) is 0 Å². The van der Waals surface area contributed by atoms with E-state index in [9.17, 15) is 14.0 Å². The van der Waals surface area contributed by atoms with Gasteiger partial charge in [-0.25, -0.2) is 8.91 Å². The summed E-state index contributed by atoms with van der Waals surface area (Å²) in [6, 6.07) is 6.23. The van der Waals surface area contributed by atoms with Crippen molar-refractivity contribution in [2.45, 2.75) is 19.3 Å². The van der Waals surface area contributed by atoms with Crippen LogP contribution in [0.2, 0.25) is 0 Å². The minimum atomic E-state index is -0.635. The van der Waals surface area contributed by atoms with Gasteiger partial charge in [-0.3, -0.25) is 24.2 Å². The van der Waals surface area contributed by atoms with Crippen LogP contribution >= 0.6 is 0 Å². The Hall–Kier alpha value is -4.63. The first-order valence-electron chi connectivity index (χ1n) is 12.2. The molecular formula is C26H26FN9O2. The van der Waals surface area contributed by atoms with Crippen molar-refractivity contribution in [1.29, 1.82) is 5.26 Å². The number of piperidine rings is 1. The molecule has 4 heterocycles. The van der Waals surface area contributed by atoms with Crippen LogP contribution in [0.15, 0.2) is 49.2 Å². The van der Waals surface area contributed by atoms with E-state index in [1.807, 2.05) is 11.1 Å². The Balaban J connectivity index is 1.24. The van der Waals surface area contributed by atoms with E-state index in [4.69, 9.17) is 5.26 Å². The van der Waals surface area contributed by atoms with Crippen molar-refractivity contribution >= 4 is 28.7 Å². The van der Waals surface area contributed by atoms with Crippen LogP contribution in [0.5, 0.6) is 0 Å². The Morgan fingerprint density at radius 3 is 2.68 bits per heavy atom. The zero-order valence-electron chi connectivity index (χ0n) is 20.8. The maximum Gasteiger partial charge on any atom is 0.259 e. The average Bonchev–Trinajstić information content (AvgIpc) is 3.53. The Kier molecular flexibility index (Phi) is 7.10. The number of amides is 2. The van der Waals surface area contributed by atoms with Gasteiger partial charge in [0, 0.05) is 30.9 Å². The SMILES string of the molecule is Cn1cc(-c2cn3ncc(C(=O)Nc4cc(NC(=O)CN5CCC(CC#N)CC5)ccc4F)c3cn2)cn1. The van der Waals surface area contributed by atoms with Gasteiger partial charge in [0.05, 0.1) is 59.9 Å². The quantitative estimate of drug-likeness (QED) is 0.386. The molecule has 0 bridgehead atoms. The maximum absolute atomic E-state index is 14.5. The second kappa shape index (κ2) is 10.8. The van der Waals surface area contributed by atoms with Crippen LogP contribution in [0.25, 0.3) is 16.8 Å². The van der Waals surface area contributed by atoms with E-state index in [0.29, 0.717) is 29.2 Å². The number of aryl methyl sites for hydroxylation is 1. The van der Waals surface area contributed by atoms with Crippen LogP contribution in [-0.4, -0.2) is 60.7 Å². The summed E-state index contributed by atoms with van der Waals surface area (Å²) >= 11 is 0. The molecule has 0 unspecified atom stereocenters. The van der Waals surface area contributed by atoms with Gasteiger partial charge in [-0.2, -0.15) is 15.5 Å². The van der Waals surface area contributed by atoms with Crippen LogP contribution in [-0.2, 0) is 11.8 Å². The van der Waals surface area contributed by atoms with Crippen molar-refractivity contribution in [1.82, 2.24) is 29.3 Å². The van der Waals surface area contributed by atoms with Crippen molar-refractivity contribution in [3.05, 3.63) is 60.6 Å². The zero-order chi connectivity index (χ0) is 26.6. The molecule has 1 saturated heterocycles. The predicted octanol–water partition coefficient (Wildman–Crippen LogP) is 3.09. The molecule has 1 fully saturated rings. The summed E-state index contributed by atoms with van der Waals surface area (Å²) in [5, 5.41) is 22.6. The van der Waals surface area contributed by atoms with Gasteiger partial charge in [-0.1, -0.05) is 0 Å². The highest BCUT2D eigenvalue weighted by Gasteiger charge is 2.21. The number of nitrogens with one attached hydrogen (secondary N) is 2. The number of aromatic nitrogens is 5. The summed E-state index contributed by atoms with van der Waals surface area (Å²) in [5.74, 6) is -1.04. The van der Waals surface area contributed by atoms with Crippen molar-refractivity contribution < 1.29 is 14.0 Å². The van der Waals surface area contributed by atoms with E-state index in [1.54, 1.807) is 24.1 Å². The fourth-order valence-corrected chi connectivity index (χ4v) is 4.53. The smallest absolute Gasteiger partial charge is 0.259 e. The van der Waals surface area contributed by atoms with Gasteiger partial charge in [-0.15, -0.1) is 0 Å². The van der Waals surface area contributed by atoms with E-state index in [0.717, 1.165) is 31.5 Å². The first kappa shape index (κ1) is 25.0. The van der Waals surface area contributed by atoms with E-state index in [1.165, 1.54) is 35.1 Å². The van der Waals surface area contributed by atoms with Gasteiger partial charge in [0.2, 0.25) is 5.91 Å². The van der Waals surface area contributed by atoms with Crippen molar-refractivity contribution in [3.8, 4) is 17.3 Å². The zero-order valence-corrected chi connectivity index (χ0v) is 20.8. The second-order valence-corrected chi connectivity index (χ2v) is 9.34. The normalized spacial score (nSPS) is 14.3. The van der Waals surface area contributed by atoms with Crippen LogP contribution in [0.3, 0.4) is 0 Å². The number of nitriles is 1. The number of halogens is 1. The highest BCUT2D eigenvalue weighted by atomic mass is 19.1. The highest BCUT2D eigenvalue weighted by Crippen LogP contribution is 2.23. The third-order valence-corrected chi connectivity index (χ3v) is 6.60. The van der Waals surface area contributed by atoms with E-state index < -0.39 is 11.7 Å². The molecular weight excluding hydrogens is 489 g/mol. The molecule has 3 aromatic heterocycles. The number of fused-ring (bicyclic) bond motifs is 1. The fraction of sp³-hybridized carbons (Fsp3) is 0.308. The first-order chi connectivity index (χ1) is 18.4. The number of hydrogen-bond donors (Lipinski definition) is 2. The molecule has 0 radical (unpaired) electrons. The van der Waals surface area contributed by atoms with Crippen LogP contribution in [0, 0.1) is 23.1 Å². The Morgan fingerprint density at radius 1 is 1.13 bits per heavy atom. The summed E-state index contributed by atoms with van der Waals surface area (Å²) < 4.78 is 17.7. The molecule has 1 aliphatic heterocycles. The summed E-state index contributed by atoms with van der Waals surface area (Å²) in [7, 11) is 1.81. The molecule has 1 aliphatic rings. The van der Waals surface area contributed by atoms with Gasteiger partial charge in [0.25, 0.3) is 5.91 Å². The van der Waals surface area contributed by atoms with E-state index in [-0.39, 0.29) is 23.7 Å². The number of anilines is 2. The fourth-order valence-electron chi connectivity index (χ4n) is 4.53. The predicted molar refractivity (Wildman–Crippen MR) is 138 cm³/mol. The summed E-state index contributed by atoms with van der Waals surface area (Å²) in [6.07, 6.45) is 10.4. The van der Waals surface area contributed by atoms with E-state index in [2.05, 4.69) is 31.9 Å². The molecule has 0 spiro atoms. The molecule has 2 amide bonds. The minimum Gasteiger partial charge on any atom is -0.325 e. The largest absolute Gasteiger partial charge is 0.325 e. The molecule has 5 rings (SSSR count). The lowest BCUT2D eigenvalue weighted by molar-refractivity contribution is -0.117. The van der Waals surface area contributed by atoms with Crippen molar-refractivity contribution in [3.63, 3.8) is 0 Å². The Morgan fingerprint density at radius 2 is 1.95 bits per heavy atom. The molecule has 11 nitrogen and oxygen atoms in total. The van der Waals surface area contributed by atoms with Gasteiger partial charge in [-0.05, 0) is 50.0 Å². The Labute approximate surface area is 217 Å². The minimum absolute atomic E-state index is 0.0654. The van der Waals surface area contributed by atoms with Gasteiger partial charge < -0.3 is 10.6 Å². The molecule has 0 atom stereocenters. The number of nitrogens with zero attached hydrogens (tertiary/aromatic N) is 7. The lowest BCUT2D eigenvalue weighted by Crippen LogP contribution is -2.39. The summed E-state index contributed by atoms with van der Waals surface area (Å²) in [4.78, 5) is 32.0. The summed E-state index contributed by atoms with van der Waals surface area (Å²) in [5.41, 5.74) is 2.43. The van der Waals surface area contributed by atoms with Crippen LogP contribution in [0.1, 0.15) is 29.6 Å². The lowest BCUT2D eigenvalue weighted by Gasteiger charge is -2.30. The van der Waals surface area contributed by atoms with Crippen LogP contribution < -0.4 is 10.6 Å². The molecule has 38 heavy (non-hydrogen) atoms. The molecule has 0 aliphatic carbocycles. The number of carbonyl (C=O) groups is 2. The number of benzene rings is 1. The number of likely N-dealkylation sites (tertiary alicyclic amines) is 1. The molecule has 2 N–H and O–H groups in total. The van der Waals surface area contributed by atoms with E-state index >= 15 is 0 Å².